The summed E-state index contributed by atoms with van der Waals surface area (Å²) in [4.78, 5) is 27.5. The minimum atomic E-state index is -0.331. The van der Waals surface area contributed by atoms with Crippen molar-refractivity contribution < 1.29 is 9.59 Å². The molecule has 0 saturated carbocycles. The van der Waals surface area contributed by atoms with E-state index in [-0.39, 0.29) is 11.8 Å². The van der Waals surface area contributed by atoms with Crippen molar-refractivity contribution in [1.82, 2.24) is 25.1 Å². The van der Waals surface area contributed by atoms with Crippen LogP contribution in [0.15, 0.2) is 54.9 Å². The zero-order valence-electron chi connectivity index (χ0n) is 14.6. The molecule has 3 aromatic rings. The van der Waals surface area contributed by atoms with Gasteiger partial charge in [0.05, 0.1) is 22.5 Å². The maximum Gasteiger partial charge on any atom is 0.257 e. The second-order valence-corrected chi connectivity index (χ2v) is 6.27. The number of benzene rings is 2. The van der Waals surface area contributed by atoms with Gasteiger partial charge in [0.1, 0.15) is 6.33 Å². The third kappa shape index (κ3) is 3.41. The summed E-state index contributed by atoms with van der Waals surface area (Å²) in [5, 5.41) is 13.9. The van der Waals surface area contributed by atoms with Gasteiger partial charge in [0.15, 0.2) is 0 Å². The molecule has 1 saturated heterocycles. The van der Waals surface area contributed by atoms with Crippen LogP contribution in [0, 0.1) is 0 Å². The lowest BCUT2D eigenvalue weighted by molar-refractivity contribution is 0.0794. The molecule has 0 unspecified atom stereocenters. The van der Waals surface area contributed by atoms with Gasteiger partial charge in [-0.3, -0.25) is 9.59 Å². The average molecular weight is 362 g/mol. The fourth-order valence-corrected chi connectivity index (χ4v) is 3.20. The number of hydrogen-bond acceptors (Lipinski definition) is 5. The van der Waals surface area contributed by atoms with Crippen molar-refractivity contribution in [2.24, 2.45) is 0 Å². The van der Waals surface area contributed by atoms with Crippen LogP contribution < -0.4 is 5.32 Å². The second kappa shape index (κ2) is 7.36. The molecule has 0 radical (unpaired) electrons. The Labute approximate surface area is 155 Å². The van der Waals surface area contributed by atoms with Gasteiger partial charge in [0, 0.05) is 13.1 Å². The molecule has 1 N–H and O–H groups in total. The minimum Gasteiger partial charge on any atom is -0.339 e. The Kier molecular flexibility index (Phi) is 4.61. The second-order valence-electron chi connectivity index (χ2n) is 6.27. The van der Waals surface area contributed by atoms with E-state index in [1.165, 1.54) is 11.0 Å². The molecular weight excluding hydrogens is 344 g/mol. The SMILES string of the molecule is O=C(Nc1ccccc1C(=O)N1CCCC1)c1ccccc1-n1cnnn1. The van der Waals surface area contributed by atoms with Crippen molar-refractivity contribution in [3.8, 4) is 5.69 Å². The number of hydrogen-bond donors (Lipinski definition) is 1. The molecule has 8 nitrogen and oxygen atoms in total. The van der Waals surface area contributed by atoms with Crippen molar-refractivity contribution in [1.29, 1.82) is 0 Å². The molecular formula is C19H18N6O2. The van der Waals surface area contributed by atoms with E-state index in [0.29, 0.717) is 22.5 Å². The summed E-state index contributed by atoms with van der Waals surface area (Å²) in [7, 11) is 0. The fourth-order valence-electron chi connectivity index (χ4n) is 3.20. The van der Waals surface area contributed by atoms with Gasteiger partial charge in [-0.15, -0.1) is 5.10 Å². The molecule has 2 heterocycles. The molecule has 1 aromatic heterocycles. The molecule has 0 bridgehead atoms. The summed E-state index contributed by atoms with van der Waals surface area (Å²) >= 11 is 0. The quantitative estimate of drug-likeness (QED) is 0.768. The van der Waals surface area contributed by atoms with Gasteiger partial charge in [0.25, 0.3) is 11.8 Å². The Morgan fingerprint density at radius 1 is 0.926 bits per heavy atom. The maximum atomic E-state index is 12.9. The molecule has 2 amide bonds. The van der Waals surface area contributed by atoms with Gasteiger partial charge in [0.2, 0.25) is 0 Å². The number of carbonyl (C=O) groups excluding carboxylic acids is 2. The number of anilines is 1. The summed E-state index contributed by atoms with van der Waals surface area (Å²) in [6, 6.07) is 14.1. The Morgan fingerprint density at radius 2 is 1.63 bits per heavy atom. The zero-order chi connectivity index (χ0) is 18.6. The van der Waals surface area contributed by atoms with Crippen molar-refractivity contribution in [2.75, 3.05) is 18.4 Å². The first kappa shape index (κ1) is 16.9. The number of carbonyl (C=O) groups is 2. The summed E-state index contributed by atoms with van der Waals surface area (Å²) < 4.78 is 1.43. The summed E-state index contributed by atoms with van der Waals surface area (Å²) in [6.07, 6.45) is 3.45. The highest BCUT2D eigenvalue weighted by Crippen LogP contribution is 2.22. The number of amides is 2. The number of nitrogens with one attached hydrogen (secondary N) is 1. The Balaban J connectivity index is 1.62. The van der Waals surface area contributed by atoms with Gasteiger partial charge >= 0.3 is 0 Å². The van der Waals surface area contributed by atoms with Crippen LogP contribution in [0.5, 0.6) is 0 Å². The molecule has 136 valence electrons. The van der Waals surface area contributed by atoms with Gasteiger partial charge in [-0.25, -0.2) is 0 Å². The van der Waals surface area contributed by atoms with Crippen LogP contribution >= 0.6 is 0 Å². The van der Waals surface area contributed by atoms with Crippen LogP contribution in [0.3, 0.4) is 0 Å². The first-order chi connectivity index (χ1) is 13.2. The largest absolute Gasteiger partial charge is 0.339 e. The van der Waals surface area contributed by atoms with Crippen molar-refractivity contribution in [3.63, 3.8) is 0 Å². The summed E-state index contributed by atoms with van der Waals surface area (Å²) in [6.45, 7) is 1.51. The molecule has 0 aliphatic carbocycles. The molecule has 1 aliphatic rings. The summed E-state index contributed by atoms with van der Waals surface area (Å²) in [5.74, 6) is -0.389. The van der Waals surface area contributed by atoms with Crippen LogP contribution in [0.25, 0.3) is 5.69 Å². The van der Waals surface area contributed by atoms with Crippen molar-refractivity contribution in [3.05, 3.63) is 66.0 Å². The standard InChI is InChI=1S/C19H18N6O2/c26-18(15-8-2-4-10-17(15)25-13-20-22-23-25)21-16-9-3-1-7-14(16)19(27)24-11-5-6-12-24/h1-4,7-10,13H,5-6,11-12H2,(H,21,26). The van der Waals surface area contributed by atoms with E-state index in [1.54, 1.807) is 48.5 Å². The number of para-hydroxylation sites is 2. The molecule has 2 aromatic carbocycles. The van der Waals surface area contributed by atoms with E-state index >= 15 is 0 Å². The monoisotopic (exact) mass is 362 g/mol. The molecule has 27 heavy (non-hydrogen) atoms. The van der Waals surface area contributed by atoms with Crippen LogP contribution in [0.1, 0.15) is 33.6 Å². The van der Waals surface area contributed by atoms with Crippen LogP contribution in [0.2, 0.25) is 0 Å². The van der Waals surface area contributed by atoms with Crippen LogP contribution in [0.4, 0.5) is 5.69 Å². The number of rotatable bonds is 4. The number of aromatic nitrogens is 4. The molecule has 0 atom stereocenters. The van der Waals surface area contributed by atoms with E-state index < -0.39 is 0 Å². The molecule has 1 fully saturated rings. The average Bonchev–Trinajstić information content (AvgIpc) is 3.42. The van der Waals surface area contributed by atoms with Gasteiger partial charge < -0.3 is 10.2 Å². The number of tetrazole rings is 1. The molecule has 4 rings (SSSR count). The highest BCUT2D eigenvalue weighted by atomic mass is 16.2. The normalized spacial score (nSPS) is 13.6. The third-order valence-electron chi connectivity index (χ3n) is 4.54. The molecule has 0 spiro atoms. The van der Waals surface area contributed by atoms with Gasteiger partial charge in [-0.2, -0.15) is 4.68 Å². The third-order valence-corrected chi connectivity index (χ3v) is 4.54. The predicted octanol–water partition coefficient (Wildman–Crippen LogP) is 2.15. The molecule has 1 aliphatic heterocycles. The first-order valence-corrected chi connectivity index (χ1v) is 8.76. The highest BCUT2D eigenvalue weighted by molar-refractivity contribution is 6.10. The lowest BCUT2D eigenvalue weighted by atomic mass is 10.1. The van der Waals surface area contributed by atoms with E-state index in [1.807, 2.05) is 4.90 Å². The minimum absolute atomic E-state index is 0.0582. The Morgan fingerprint density at radius 3 is 2.37 bits per heavy atom. The van der Waals surface area contributed by atoms with E-state index in [9.17, 15) is 9.59 Å². The Bertz CT molecular complexity index is 964. The van der Waals surface area contributed by atoms with Crippen LogP contribution in [-0.2, 0) is 0 Å². The fraction of sp³-hybridized carbons (Fsp3) is 0.211. The lowest BCUT2D eigenvalue weighted by Gasteiger charge is -2.18. The first-order valence-electron chi connectivity index (χ1n) is 8.76. The predicted molar refractivity (Wildman–Crippen MR) is 98.7 cm³/mol. The number of nitrogens with zero attached hydrogens (tertiary/aromatic N) is 5. The number of likely N-dealkylation sites (tertiary alicyclic amines) is 1. The summed E-state index contributed by atoms with van der Waals surface area (Å²) in [5.41, 5.74) is 1.95. The Hall–Kier alpha value is -3.55. The molecule has 8 heteroatoms. The van der Waals surface area contributed by atoms with E-state index in [4.69, 9.17) is 0 Å². The van der Waals surface area contributed by atoms with Gasteiger partial charge in [-0.05, 0) is 47.5 Å². The zero-order valence-corrected chi connectivity index (χ0v) is 14.6. The maximum absolute atomic E-state index is 12.9. The van der Waals surface area contributed by atoms with Crippen LogP contribution in [-0.4, -0.2) is 50.0 Å². The lowest BCUT2D eigenvalue weighted by Crippen LogP contribution is -2.29. The van der Waals surface area contributed by atoms with Crippen molar-refractivity contribution >= 4 is 17.5 Å². The van der Waals surface area contributed by atoms with E-state index in [2.05, 4.69) is 20.8 Å². The van der Waals surface area contributed by atoms with E-state index in [0.717, 1.165) is 25.9 Å². The topological polar surface area (TPSA) is 93.0 Å². The highest BCUT2D eigenvalue weighted by Gasteiger charge is 2.23. The van der Waals surface area contributed by atoms with Crippen molar-refractivity contribution in [2.45, 2.75) is 12.8 Å². The van der Waals surface area contributed by atoms with Gasteiger partial charge in [-0.1, -0.05) is 24.3 Å². The smallest absolute Gasteiger partial charge is 0.257 e.